The van der Waals surface area contributed by atoms with Gasteiger partial charge in [0.1, 0.15) is 6.33 Å². The van der Waals surface area contributed by atoms with Gasteiger partial charge in [0.15, 0.2) is 0 Å². The van der Waals surface area contributed by atoms with Crippen molar-refractivity contribution in [1.29, 1.82) is 0 Å². The molecule has 0 amide bonds. The summed E-state index contributed by atoms with van der Waals surface area (Å²) in [7, 11) is -1.02. The Kier molecular flexibility index (Phi) is 6.31. The molecule has 1 heterocycles. The Morgan fingerprint density at radius 2 is 2.12 bits per heavy atom. The Labute approximate surface area is 144 Å². The minimum absolute atomic E-state index is 0.00969. The molecule has 0 saturated heterocycles. The van der Waals surface area contributed by atoms with Gasteiger partial charge in [-0.1, -0.05) is 0 Å². The van der Waals surface area contributed by atoms with Crippen LogP contribution in [-0.2, 0) is 18.8 Å². The Morgan fingerprint density at radius 1 is 1.33 bits per heavy atom. The average molecular weight is 371 g/mol. The highest BCUT2D eigenvalue weighted by Crippen LogP contribution is 2.26. The molecule has 0 unspecified atom stereocenters. The van der Waals surface area contributed by atoms with Crippen molar-refractivity contribution >= 4 is 38.4 Å². The summed E-state index contributed by atoms with van der Waals surface area (Å²) in [4.78, 5) is 5.80. The van der Waals surface area contributed by atoms with Crippen LogP contribution in [0.25, 0.3) is 0 Å². The lowest BCUT2D eigenvalue weighted by Crippen LogP contribution is -2.24. The molecule has 1 aromatic carbocycles. The number of hydrogen-bond donors (Lipinski definition) is 0. The van der Waals surface area contributed by atoms with E-state index >= 15 is 0 Å². The zero-order valence-electron chi connectivity index (χ0n) is 13.4. The zero-order valence-corrected chi connectivity index (χ0v) is 15.0. The topological polar surface area (TPSA) is 106 Å². The third-order valence-corrected chi connectivity index (χ3v) is 4.49. The van der Waals surface area contributed by atoms with Crippen molar-refractivity contribution in [3.63, 3.8) is 0 Å². The monoisotopic (exact) mass is 371 g/mol. The Morgan fingerprint density at radius 3 is 2.75 bits per heavy atom. The van der Waals surface area contributed by atoms with Gasteiger partial charge in [-0.25, -0.2) is 9.17 Å². The van der Waals surface area contributed by atoms with Crippen LogP contribution >= 0.6 is 11.5 Å². The van der Waals surface area contributed by atoms with Crippen LogP contribution in [0.4, 0.5) is 16.5 Å². The van der Waals surface area contributed by atoms with Gasteiger partial charge in [-0.3, -0.25) is 4.18 Å². The van der Waals surface area contributed by atoms with Crippen LogP contribution in [0.3, 0.4) is 0 Å². The van der Waals surface area contributed by atoms with Crippen molar-refractivity contribution in [3.05, 3.63) is 30.1 Å². The molecule has 0 aliphatic heterocycles. The van der Waals surface area contributed by atoms with Gasteiger partial charge in [0, 0.05) is 30.8 Å². The number of aromatic nitrogens is 2. The first-order valence-electron chi connectivity index (χ1n) is 6.86. The molecule has 0 aliphatic rings. The summed E-state index contributed by atoms with van der Waals surface area (Å²) in [6, 6.07) is 5.63. The maximum Gasteiger partial charge on any atom is 0.399 e. The van der Waals surface area contributed by atoms with Crippen molar-refractivity contribution < 1.29 is 16.8 Å². The van der Waals surface area contributed by atoms with E-state index in [1.54, 1.807) is 0 Å². The van der Waals surface area contributed by atoms with E-state index in [4.69, 9.17) is 0 Å². The summed E-state index contributed by atoms with van der Waals surface area (Å²) >= 11 is 1.17. The number of likely N-dealkylation sites (N-methyl/N-ethyl adjacent to an activating group) is 1. The number of azo groups is 1. The molecular formula is C13H17N5O4S2. The van der Waals surface area contributed by atoms with E-state index < -0.39 is 10.4 Å². The second-order valence-corrected chi connectivity index (χ2v) is 6.86. The third-order valence-electron chi connectivity index (χ3n) is 3.07. The van der Waals surface area contributed by atoms with Crippen LogP contribution in [0.2, 0.25) is 0 Å². The van der Waals surface area contributed by atoms with Gasteiger partial charge in [-0.05, 0) is 30.7 Å². The number of benzene rings is 1. The van der Waals surface area contributed by atoms with Gasteiger partial charge in [0.05, 0.1) is 19.4 Å². The maximum absolute atomic E-state index is 11.1. The lowest BCUT2D eigenvalue weighted by molar-refractivity contribution is 0.248. The molecule has 0 bridgehead atoms. The number of anilines is 1. The Bertz CT molecular complexity index is 793. The lowest BCUT2D eigenvalue weighted by atomic mass is 10.1. The highest BCUT2D eigenvalue weighted by Gasteiger charge is 2.10. The molecule has 0 spiro atoms. The summed E-state index contributed by atoms with van der Waals surface area (Å²) in [5, 5.41) is 8.65. The fraction of sp³-hybridized carbons (Fsp3) is 0.385. The van der Waals surface area contributed by atoms with E-state index in [1.807, 2.05) is 37.1 Å². The zero-order chi connectivity index (χ0) is 17.6. The van der Waals surface area contributed by atoms with E-state index in [0.29, 0.717) is 11.7 Å². The molecule has 1 aromatic heterocycles. The van der Waals surface area contributed by atoms with Gasteiger partial charge >= 0.3 is 10.4 Å². The lowest BCUT2D eigenvalue weighted by Gasteiger charge is -2.19. The molecule has 0 atom stereocenters. The van der Waals surface area contributed by atoms with Crippen molar-refractivity contribution in [3.8, 4) is 0 Å². The quantitative estimate of drug-likeness (QED) is 0.656. The van der Waals surface area contributed by atoms with Crippen molar-refractivity contribution in [2.45, 2.75) is 6.92 Å². The Balaban J connectivity index is 1.98. The average Bonchev–Trinajstić information content (AvgIpc) is 3.07. The molecule has 0 N–H and O–H groups in total. The summed E-state index contributed by atoms with van der Waals surface area (Å²) in [6.45, 7) is 2.29. The second kappa shape index (κ2) is 8.24. The van der Waals surface area contributed by atoms with E-state index in [-0.39, 0.29) is 6.61 Å². The molecule has 0 radical (unpaired) electrons. The molecule has 2 aromatic rings. The van der Waals surface area contributed by atoms with E-state index in [1.165, 1.54) is 17.9 Å². The maximum atomic E-state index is 11.1. The van der Waals surface area contributed by atoms with Gasteiger partial charge in [0.25, 0.3) is 0 Å². The van der Waals surface area contributed by atoms with Crippen molar-refractivity contribution in [2.24, 2.45) is 10.2 Å². The van der Waals surface area contributed by atoms with Crippen LogP contribution in [0.5, 0.6) is 0 Å². The predicted molar refractivity (Wildman–Crippen MR) is 90.4 cm³/mol. The molecule has 24 heavy (non-hydrogen) atoms. The molecule has 9 nitrogen and oxygen atoms in total. The number of nitrogens with zero attached hydrogens (tertiary/aromatic N) is 5. The van der Waals surface area contributed by atoms with Crippen molar-refractivity contribution in [1.82, 2.24) is 9.36 Å². The van der Waals surface area contributed by atoms with E-state index in [2.05, 4.69) is 28.0 Å². The van der Waals surface area contributed by atoms with Crippen molar-refractivity contribution in [2.75, 3.05) is 32.2 Å². The van der Waals surface area contributed by atoms with Crippen LogP contribution in [0.15, 0.2) is 34.8 Å². The fourth-order valence-electron chi connectivity index (χ4n) is 1.75. The molecule has 130 valence electrons. The molecule has 0 saturated carbocycles. The highest BCUT2D eigenvalue weighted by atomic mass is 32.3. The smallest absolute Gasteiger partial charge is 0.372 e. The number of hydrogen-bond acceptors (Lipinski definition) is 10. The van der Waals surface area contributed by atoms with Crippen LogP contribution < -0.4 is 4.90 Å². The minimum Gasteiger partial charge on any atom is -0.372 e. The summed E-state index contributed by atoms with van der Waals surface area (Å²) < 4.78 is 34.9. The van der Waals surface area contributed by atoms with Gasteiger partial charge < -0.3 is 4.90 Å². The first-order valence-corrected chi connectivity index (χ1v) is 8.97. The van der Waals surface area contributed by atoms with E-state index in [0.717, 1.165) is 24.0 Å². The molecule has 0 fully saturated rings. The van der Waals surface area contributed by atoms with E-state index in [9.17, 15) is 8.42 Å². The predicted octanol–water partition coefficient (Wildman–Crippen LogP) is 2.61. The van der Waals surface area contributed by atoms with Gasteiger partial charge in [-0.15, -0.1) is 10.2 Å². The summed E-state index contributed by atoms with van der Waals surface area (Å²) in [5.74, 6) is 0. The first-order chi connectivity index (χ1) is 11.4. The van der Waals surface area contributed by atoms with Crippen LogP contribution in [0.1, 0.15) is 5.56 Å². The minimum atomic E-state index is -3.91. The summed E-state index contributed by atoms with van der Waals surface area (Å²) in [6.07, 6.45) is 1.43. The summed E-state index contributed by atoms with van der Waals surface area (Å²) in [5.41, 5.74) is 2.55. The SMILES string of the molecule is COS(=O)(=O)OCCN(C)c1ccc(N=Nc2ncns2)c(C)c1. The van der Waals surface area contributed by atoms with Gasteiger partial charge in [0.2, 0.25) is 5.13 Å². The van der Waals surface area contributed by atoms with Crippen LogP contribution in [-0.4, -0.2) is 45.1 Å². The third kappa shape index (κ3) is 5.30. The highest BCUT2D eigenvalue weighted by molar-refractivity contribution is 7.81. The Hall–Kier alpha value is -1.95. The molecule has 2 rings (SSSR count). The molecule has 0 aliphatic carbocycles. The second-order valence-electron chi connectivity index (χ2n) is 4.71. The standard InChI is InChI=1S/C13H17N5O4S2/c1-10-8-11(18(2)6-7-22-24(19,20)21-3)4-5-12(10)16-17-13-14-9-15-23-13/h4-5,8-9H,6-7H2,1-3H3. The van der Waals surface area contributed by atoms with Crippen LogP contribution in [0, 0.1) is 6.92 Å². The van der Waals surface area contributed by atoms with Gasteiger partial charge in [-0.2, -0.15) is 12.8 Å². The first kappa shape index (κ1) is 18.4. The largest absolute Gasteiger partial charge is 0.399 e. The number of rotatable bonds is 8. The fourth-order valence-corrected chi connectivity index (χ4v) is 2.49. The normalized spacial score (nSPS) is 12.0. The number of aryl methyl sites for hydroxylation is 1. The molecule has 11 heteroatoms. The molecular weight excluding hydrogens is 354 g/mol.